The first-order chi connectivity index (χ1) is 15.9. The lowest BCUT2D eigenvalue weighted by atomic mass is 9.98. The predicted octanol–water partition coefficient (Wildman–Crippen LogP) is -2.06. The van der Waals surface area contributed by atoms with Crippen molar-refractivity contribution in [3.8, 4) is 0 Å². The molecule has 0 spiro atoms. The van der Waals surface area contributed by atoms with E-state index in [9.17, 15) is 33.9 Å². The van der Waals surface area contributed by atoms with Gasteiger partial charge in [0.15, 0.2) is 0 Å². The third kappa shape index (κ3) is 8.61. The molecule has 0 saturated carbocycles. The molecule has 9 N–H and O–H groups in total. The Balaban J connectivity index is 2.95. The third-order valence-corrected chi connectivity index (χ3v) is 5.95. The Kier molecular flexibility index (Phi) is 11.4. The number of nitrogens with zero attached hydrogens (tertiary/aromatic N) is 1. The van der Waals surface area contributed by atoms with Crippen molar-refractivity contribution < 1.29 is 33.9 Å². The number of nitrogens with one attached hydrogen (secondary N) is 2. The lowest BCUT2D eigenvalue weighted by Gasteiger charge is -2.29. The topological polar surface area (TPSA) is 228 Å². The van der Waals surface area contributed by atoms with Crippen molar-refractivity contribution in [3.05, 3.63) is 0 Å². The maximum Gasteiger partial charge on any atom is 0.326 e. The fourth-order valence-electron chi connectivity index (χ4n) is 3.70. The smallest absolute Gasteiger partial charge is 0.326 e. The SMILES string of the molecule is CCC(C)C(NC(=O)C(CCC(N)=O)NC(=O)C1CCCN1C(=O)C(N)CCC(N)=O)C(=O)O. The first-order valence-electron chi connectivity index (χ1n) is 11.3. The average Bonchev–Trinajstić information content (AvgIpc) is 3.26. The third-order valence-electron chi connectivity index (χ3n) is 5.95. The van der Waals surface area contributed by atoms with E-state index in [-0.39, 0.29) is 38.1 Å². The molecular weight excluding hydrogens is 448 g/mol. The van der Waals surface area contributed by atoms with Crippen molar-refractivity contribution in [2.45, 2.75) is 83.0 Å². The number of amides is 5. The monoisotopic (exact) mass is 484 g/mol. The normalized spacial score (nSPS) is 18.9. The number of nitrogens with two attached hydrogens (primary N) is 3. The Labute approximate surface area is 198 Å². The van der Waals surface area contributed by atoms with Crippen LogP contribution >= 0.6 is 0 Å². The summed E-state index contributed by atoms with van der Waals surface area (Å²) in [4.78, 5) is 73.6. The summed E-state index contributed by atoms with van der Waals surface area (Å²) in [7, 11) is 0. The van der Waals surface area contributed by atoms with Gasteiger partial charge in [-0.05, 0) is 31.6 Å². The molecule has 1 fully saturated rings. The Morgan fingerprint density at radius 2 is 1.62 bits per heavy atom. The summed E-state index contributed by atoms with van der Waals surface area (Å²) in [5, 5.41) is 14.4. The number of carbonyl (C=O) groups excluding carboxylic acids is 5. The highest BCUT2D eigenvalue weighted by atomic mass is 16.4. The van der Waals surface area contributed by atoms with E-state index in [0.717, 1.165) is 0 Å². The number of hydrogen-bond donors (Lipinski definition) is 6. The number of likely N-dealkylation sites (tertiary alicyclic amines) is 1. The highest BCUT2D eigenvalue weighted by molar-refractivity contribution is 5.94. The first kappa shape index (κ1) is 28.8. The molecule has 1 saturated heterocycles. The average molecular weight is 485 g/mol. The van der Waals surface area contributed by atoms with Gasteiger partial charge >= 0.3 is 5.97 Å². The standard InChI is InChI=1S/C21H36N6O7/c1-3-11(2)17(21(33)34)26-18(30)13(7-9-16(24)29)25-19(31)14-5-4-10-27(14)20(32)12(22)6-8-15(23)28/h11-14,17H,3-10,22H2,1-2H3,(H2,23,28)(H2,24,29)(H,25,31)(H,26,30)(H,33,34). The second-order valence-corrected chi connectivity index (χ2v) is 8.58. The van der Waals surface area contributed by atoms with Crippen LogP contribution in [0.3, 0.4) is 0 Å². The van der Waals surface area contributed by atoms with E-state index in [0.29, 0.717) is 19.3 Å². The van der Waals surface area contributed by atoms with Crippen LogP contribution in [0.1, 0.15) is 58.8 Å². The van der Waals surface area contributed by atoms with Gasteiger partial charge in [-0.3, -0.25) is 24.0 Å². The van der Waals surface area contributed by atoms with Crippen LogP contribution in [0.15, 0.2) is 0 Å². The Bertz CT molecular complexity index is 790. The van der Waals surface area contributed by atoms with Crippen LogP contribution < -0.4 is 27.8 Å². The van der Waals surface area contributed by atoms with Crippen molar-refractivity contribution in [1.29, 1.82) is 0 Å². The molecule has 0 radical (unpaired) electrons. The summed E-state index contributed by atoms with van der Waals surface area (Å²) in [6.45, 7) is 3.72. The maximum atomic E-state index is 13.0. The Morgan fingerprint density at radius 1 is 1.03 bits per heavy atom. The molecule has 34 heavy (non-hydrogen) atoms. The summed E-state index contributed by atoms with van der Waals surface area (Å²) in [5.41, 5.74) is 16.1. The van der Waals surface area contributed by atoms with E-state index in [1.165, 1.54) is 4.90 Å². The van der Waals surface area contributed by atoms with Gasteiger partial charge < -0.3 is 37.8 Å². The molecule has 0 bridgehead atoms. The number of carboxylic acid groups (broad SMARTS) is 1. The van der Waals surface area contributed by atoms with Crippen LogP contribution in [0, 0.1) is 5.92 Å². The number of carboxylic acids is 1. The van der Waals surface area contributed by atoms with Crippen molar-refractivity contribution >= 4 is 35.5 Å². The molecule has 0 aromatic rings. The lowest BCUT2D eigenvalue weighted by Crippen LogP contribution is -2.57. The van der Waals surface area contributed by atoms with E-state index in [1.807, 2.05) is 0 Å². The van der Waals surface area contributed by atoms with Gasteiger partial charge in [-0.2, -0.15) is 0 Å². The molecule has 13 heteroatoms. The summed E-state index contributed by atoms with van der Waals surface area (Å²) in [5.74, 6) is -4.80. The predicted molar refractivity (Wildman–Crippen MR) is 121 cm³/mol. The highest BCUT2D eigenvalue weighted by Gasteiger charge is 2.38. The molecular formula is C21H36N6O7. The number of rotatable bonds is 14. The van der Waals surface area contributed by atoms with E-state index >= 15 is 0 Å². The minimum Gasteiger partial charge on any atom is -0.480 e. The molecule has 1 aliphatic rings. The van der Waals surface area contributed by atoms with Crippen molar-refractivity contribution in [2.24, 2.45) is 23.1 Å². The van der Waals surface area contributed by atoms with Crippen LogP contribution in [0.5, 0.6) is 0 Å². The van der Waals surface area contributed by atoms with Crippen LogP contribution in [-0.2, 0) is 28.8 Å². The molecule has 1 heterocycles. The highest BCUT2D eigenvalue weighted by Crippen LogP contribution is 2.20. The maximum absolute atomic E-state index is 13.0. The molecule has 5 amide bonds. The fourth-order valence-corrected chi connectivity index (χ4v) is 3.70. The molecule has 192 valence electrons. The lowest BCUT2D eigenvalue weighted by molar-refractivity contribution is -0.144. The molecule has 5 atom stereocenters. The fraction of sp³-hybridized carbons (Fsp3) is 0.714. The zero-order valence-corrected chi connectivity index (χ0v) is 19.6. The molecule has 0 aromatic heterocycles. The zero-order valence-electron chi connectivity index (χ0n) is 19.6. The van der Waals surface area contributed by atoms with Crippen molar-refractivity contribution in [2.75, 3.05) is 6.54 Å². The second kappa shape index (κ2) is 13.5. The van der Waals surface area contributed by atoms with Crippen molar-refractivity contribution in [3.63, 3.8) is 0 Å². The minimum absolute atomic E-state index is 0.0365. The van der Waals surface area contributed by atoms with Gasteiger partial charge in [0.2, 0.25) is 29.5 Å². The minimum atomic E-state index is -1.23. The van der Waals surface area contributed by atoms with Gasteiger partial charge in [0.1, 0.15) is 18.1 Å². The van der Waals surface area contributed by atoms with Gasteiger partial charge in [-0.1, -0.05) is 20.3 Å². The Morgan fingerprint density at radius 3 is 2.15 bits per heavy atom. The van der Waals surface area contributed by atoms with E-state index < -0.39 is 59.7 Å². The quantitative estimate of drug-likeness (QED) is 0.160. The van der Waals surface area contributed by atoms with Crippen LogP contribution in [0.2, 0.25) is 0 Å². The number of carbonyl (C=O) groups is 6. The van der Waals surface area contributed by atoms with Crippen LogP contribution in [0.25, 0.3) is 0 Å². The first-order valence-corrected chi connectivity index (χ1v) is 11.3. The van der Waals surface area contributed by atoms with Crippen molar-refractivity contribution in [1.82, 2.24) is 15.5 Å². The Hall–Kier alpha value is -3.22. The number of aliphatic carboxylic acids is 1. The molecule has 1 aliphatic heterocycles. The second-order valence-electron chi connectivity index (χ2n) is 8.58. The molecule has 0 aliphatic carbocycles. The van der Waals surface area contributed by atoms with Gasteiger partial charge in [0, 0.05) is 19.4 Å². The van der Waals surface area contributed by atoms with Crippen LogP contribution in [-0.4, -0.2) is 76.2 Å². The van der Waals surface area contributed by atoms with Gasteiger partial charge in [-0.25, -0.2) is 4.79 Å². The summed E-state index contributed by atoms with van der Waals surface area (Å²) >= 11 is 0. The largest absolute Gasteiger partial charge is 0.480 e. The number of hydrogen-bond acceptors (Lipinski definition) is 7. The van der Waals surface area contributed by atoms with Gasteiger partial charge in [-0.15, -0.1) is 0 Å². The molecule has 0 aromatic carbocycles. The number of primary amides is 2. The molecule has 5 unspecified atom stereocenters. The zero-order chi connectivity index (χ0) is 26.0. The van der Waals surface area contributed by atoms with E-state index in [4.69, 9.17) is 17.2 Å². The molecule has 13 nitrogen and oxygen atoms in total. The van der Waals surface area contributed by atoms with Gasteiger partial charge in [0.25, 0.3) is 0 Å². The summed E-state index contributed by atoms with van der Waals surface area (Å²) in [6, 6.07) is -4.33. The summed E-state index contributed by atoms with van der Waals surface area (Å²) < 4.78 is 0. The molecule has 1 rings (SSSR count). The van der Waals surface area contributed by atoms with Gasteiger partial charge in [0.05, 0.1) is 6.04 Å². The van der Waals surface area contributed by atoms with Crippen LogP contribution in [0.4, 0.5) is 0 Å². The summed E-state index contributed by atoms with van der Waals surface area (Å²) in [6.07, 6.45) is 0.950. The van der Waals surface area contributed by atoms with E-state index in [1.54, 1.807) is 13.8 Å². The van der Waals surface area contributed by atoms with E-state index in [2.05, 4.69) is 10.6 Å².